The van der Waals surface area contributed by atoms with Crippen molar-refractivity contribution in [2.75, 3.05) is 5.32 Å². The Morgan fingerprint density at radius 1 is 1.05 bits per heavy atom. The zero-order valence-corrected chi connectivity index (χ0v) is 10.7. The highest BCUT2D eigenvalue weighted by molar-refractivity contribution is 6.10. The van der Waals surface area contributed by atoms with Gasteiger partial charge in [0.25, 0.3) is 5.91 Å². The third-order valence-electron chi connectivity index (χ3n) is 2.72. The third-order valence-corrected chi connectivity index (χ3v) is 2.72. The molecule has 2 rings (SSSR count). The quantitative estimate of drug-likeness (QED) is 0.777. The van der Waals surface area contributed by atoms with Gasteiger partial charge in [0.05, 0.1) is 11.1 Å². The van der Waals surface area contributed by atoms with E-state index in [1.165, 1.54) is 36.5 Å². The van der Waals surface area contributed by atoms with Crippen molar-refractivity contribution >= 4 is 23.5 Å². The van der Waals surface area contributed by atoms with Crippen molar-refractivity contribution in [3.05, 3.63) is 59.4 Å². The number of nitrogens with two attached hydrogens (primary N) is 1. The first kappa shape index (κ1) is 14.2. The van der Waals surface area contributed by atoms with Gasteiger partial charge in [-0.25, -0.2) is 4.79 Å². The number of pyridine rings is 1. The molecule has 1 heterocycles. The van der Waals surface area contributed by atoms with Crippen LogP contribution in [0.3, 0.4) is 0 Å². The second-order valence-electron chi connectivity index (χ2n) is 4.12. The number of aromatic carboxylic acids is 1. The van der Waals surface area contributed by atoms with Crippen LogP contribution in [0.2, 0.25) is 0 Å². The van der Waals surface area contributed by atoms with Crippen LogP contribution in [0.1, 0.15) is 31.1 Å². The number of aromatic nitrogens is 1. The van der Waals surface area contributed by atoms with Crippen molar-refractivity contribution in [2.45, 2.75) is 0 Å². The number of nitrogens with one attached hydrogen (secondary N) is 1. The Kier molecular flexibility index (Phi) is 3.94. The summed E-state index contributed by atoms with van der Waals surface area (Å²) in [5, 5.41) is 11.5. The molecule has 7 nitrogen and oxygen atoms in total. The van der Waals surface area contributed by atoms with Crippen molar-refractivity contribution in [3.63, 3.8) is 0 Å². The Balaban J connectivity index is 2.22. The summed E-state index contributed by atoms with van der Waals surface area (Å²) in [5.41, 5.74) is 5.64. The highest BCUT2D eigenvalue weighted by atomic mass is 16.4. The lowest BCUT2D eigenvalue weighted by Crippen LogP contribution is -2.17. The maximum Gasteiger partial charge on any atom is 0.338 e. The molecule has 0 aliphatic carbocycles. The van der Waals surface area contributed by atoms with E-state index in [1.54, 1.807) is 0 Å². The molecule has 0 atom stereocenters. The Morgan fingerprint density at radius 2 is 1.71 bits per heavy atom. The molecule has 0 aliphatic rings. The van der Waals surface area contributed by atoms with Crippen LogP contribution in [0.4, 0.5) is 5.69 Å². The zero-order valence-electron chi connectivity index (χ0n) is 10.7. The topological polar surface area (TPSA) is 122 Å². The molecule has 4 N–H and O–H groups in total. The van der Waals surface area contributed by atoms with Gasteiger partial charge in [0.1, 0.15) is 0 Å². The van der Waals surface area contributed by atoms with E-state index in [4.69, 9.17) is 10.8 Å². The molecule has 0 bridgehead atoms. The van der Waals surface area contributed by atoms with E-state index in [1.807, 2.05) is 0 Å². The summed E-state index contributed by atoms with van der Waals surface area (Å²) in [6.45, 7) is 0. The van der Waals surface area contributed by atoms with Gasteiger partial charge in [0.2, 0.25) is 5.91 Å². The van der Waals surface area contributed by atoms with Gasteiger partial charge in [0, 0.05) is 23.6 Å². The van der Waals surface area contributed by atoms with Crippen molar-refractivity contribution in [1.29, 1.82) is 0 Å². The number of anilines is 1. The van der Waals surface area contributed by atoms with Gasteiger partial charge < -0.3 is 16.2 Å². The lowest BCUT2D eigenvalue weighted by Gasteiger charge is -2.07. The summed E-state index contributed by atoms with van der Waals surface area (Å²) in [6, 6.07) is 7.24. The molecule has 7 heteroatoms. The fraction of sp³-hybridized carbons (Fsp3) is 0. The van der Waals surface area contributed by atoms with Gasteiger partial charge in [-0.15, -0.1) is 0 Å². The van der Waals surface area contributed by atoms with E-state index < -0.39 is 17.8 Å². The van der Waals surface area contributed by atoms with E-state index in [-0.39, 0.29) is 11.1 Å². The second-order valence-corrected chi connectivity index (χ2v) is 4.12. The number of primary amides is 1. The molecule has 0 aliphatic heterocycles. The average Bonchev–Trinajstić information content (AvgIpc) is 2.47. The highest BCUT2D eigenvalue weighted by Gasteiger charge is 2.16. The van der Waals surface area contributed by atoms with Gasteiger partial charge in [-0.1, -0.05) is 0 Å². The van der Waals surface area contributed by atoms with E-state index in [0.717, 1.165) is 6.20 Å². The van der Waals surface area contributed by atoms with E-state index in [9.17, 15) is 14.4 Å². The van der Waals surface area contributed by atoms with Crippen LogP contribution in [-0.4, -0.2) is 27.9 Å². The highest BCUT2D eigenvalue weighted by Crippen LogP contribution is 2.13. The standard InChI is InChI=1S/C14H11N3O4/c15-12(18)8-1-3-9(4-2-8)17-13(19)10-5-6-16-7-11(10)14(20)21/h1-7H,(H2,15,18)(H,17,19)(H,20,21). The second kappa shape index (κ2) is 5.83. The van der Waals surface area contributed by atoms with E-state index in [0.29, 0.717) is 11.3 Å². The molecule has 0 saturated heterocycles. The number of rotatable bonds is 4. The largest absolute Gasteiger partial charge is 0.478 e. The average molecular weight is 285 g/mol. The number of nitrogens with zero attached hydrogens (tertiary/aromatic N) is 1. The van der Waals surface area contributed by atoms with Gasteiger partial charge in [-0.3, -0.25) is 14.6 Å². The van der Waals surface area contributed by atoms with Crippen molar-refractivity contribution < 1.29 is 19.5 Å². The van der Waals surface area contributed by atoms with Crippen LogP contribution in [0.15, 0.2) is 42.7 Å². The molecule has 106 valence electrons. The SMILES string of the molecule is NC(=O)c1ccc(NC(=O)c2ccncc2C(=O)O)cc1. The summed E-state index contributed by atoms with van der Waals surface area (Å²) < 4.78 is 0. The molecule has 0 spiro atoms. The van der Waals surface area contributed by atoms with Gasteiger partial charge in [0.15, 0.2) is 0 Å². The number of hydrogen-bond donors (Lipinski definition) is 3. The van der Waals surface area contributed by atoms with Crippen molar-refractivity contribution in [3.8, 4) is 0 Å². The molecule has 2 amide bonds. The first-order chi connectivity index (χ1) is 9.99. The molecule has 0 unspecified atom stereocenters. The maximum absolute atomic E-state index is 12.1. The summed E-state index contributed by atoms with van der Waals surface area (Å²) in [7, 11) is 0. The number of carboxylic acids is 1. The maximum atomic E-state index is 12.1. The molecule has 0 saturated carbocycles. The number of amides is 2. The molecular weight excluding hydrogens is 274 g/mol. The molecule has 21 heavy (non-hydrogen) atoms. The molecule has 0 radical (unpaired) electrons. The smallest absolute Gasteiger partial charge is 0.338 e. The van der Waals surface area contributed by atoms with E-state index >= 15 is 0 Å². The van der Waals surface area contributed by atoms with Crippen LogP contribution >= 0.6 is 0 Å². The predicted octanol–water partition coefficient (Wildman–Crippen LogP) is 1.13. The lowest BCUT2D eigenvalue weighted by molar-refractivity contribution is 0.0692. The van der Waals surface area contributed by atoms with Crippen molar-refractivity contribution in [1.82, 2.24) is 4.98 Å². The fourth-order valence-corrected chi connectivity index (χ4v) is 1.68. The minimum absolute atomic E-state index is 0.00326. The monoisotopic (exact) mass is 285 g/mol. The van der Waals surface area contributed by atoms with E-state index in [2.05, 4.69) is 10.3 Å². The number of carboxylic acid groups (broad SMARTS) is 1. The third kappa shape index (κ3) is 3.21. The minimum atomic E-state index is -1.24. The number of hydrogen-bond acceptors (Lipinski definition) is 4. The first-order valence-electron chi connectivity index (χ1n) is 5.87. The Morgan fingerprint density at radius 3 is 2.29 bits per heavy atom. The van der Waals surface area contributed by atoms with Crippen LogP contribution in [0.5, 0.6) is 0 Å². The van der Waals surface area contributed by atoms with Crippen molar-refractivity contribution in [2.24, 2.45) is 5.73 Å². The normalized spacial score (nSPS) is 9.90. The van der Waals surface area contributed by atoms with Gasteiger partial charge in [-0.05, 0) is 30.3 Å². The number of carbonyl (C=O) groups excluding carboxylic acids is 2. The van der Waals surface area contributed by atoms with Crippen LogP contribution < -0.4 is 11.1 Å². The molecule has 1 aromatic carbocycles. The summed E-state index contributed by atoms with van der Waals surface area (Å²) in [6.07, 6.45) is 2.44. The first-order valence-corrected chi connectivity index (χ1v) is 5.87. The zero-order chi connectivity index (χ0) is 15.4. The molecule has 1 aromatic heterocycles. The van der Waals surface area contributed by atoms with Gasteiger partial charge >= 0.3 is 5.97 Å². The summed E-state index contributed by atoms with van der Waals surface area (Å²) >= 11 is 0. The summed E-state index contributed by atoms with van der Waals surface area (Å²) in [5.74, 6) is -2.39. The van der Waals surface area contributed by atoms with Crippen LogP contribution in [0, 0.1) is 0 Å². The molecule has 2 aromatic rings. The van der Waals surface area contributed by atoms with Gasteiger partial charge in [-0.2, -0.15) is 0 Å². The van der Waals surface area contributed by atoms with Crippen LogP contribution in [0.25, 0.3) is 0 Å². The molecule has 0 fully saturated rings. The van der Waals surface area contributed by atoms with Crippen LogP contribution in [-0.2, 0) is 0 Å². The predicted molar refractivity (Wildman–Crippen MR) is 74.1 cm³/mol. The lowest BCUT2D eigenvalue weighted by atomic mass is 10.1. The Hall–Kier alpha value is -3.22. The molecular formula is C14H11N3O4. The Labute approximate surface area is 119 Å². The fourth-order valence-electron chi connectivity index (χ4n) is 1.68. The minimum Gasteiger partial charge on any atom is -0.478 e. The number of benzene rings is 1. The Bertz CT molecular complexity index is 710. The summed E-state index contributed by atoms with van der Waals surface area (Å²) in [4.78, 5) is 37.7. The number of carbonyl (C=O) groups is 3.